The Kier molecular flexibility index (Phi) is 3.43. The molecule has 0 aromatic rings. The molecule has 0 N–H and O–H groups in total. The molecule has 0 amide bonds. The van der Waals surface area contributed by atoms with E-state index in [4.69, 9.17) is 4.74 Å². The highest BCUT2D eigenvalue weighted by Crippen LogP contribution is 2.25. The quantitative estimate of drug-likeness (QED) is 0.534. The molecular formula is C8H16OS. The zero-order valence-electron chi connectivity index (χ0n) is 6.80. The van der Waals surface area contributed by atoms with Gasteiger partial charge in [-0.1, -0.05) is 5.37 Å². The summed E-state index contributed by atoms with van der Waals surface area (Å²) in [6.45, 7) is 3.11. The molecule has 60 valence electrons. The van der Waals surface area contributed by atoms with Crippen molar-refractivity contribution in [3.05, 3.63) is 0 Å². The van der Waals surface area contributed by atoms with Gasteiger partial charge in [0.25, 0.3) is 0 Å². The Bertz CT molecular complexity index is 125. The Balaban J connectivity index is 2.39. The second-order valence-corrected chi connectivity index (χ2v) is 4.85. The van der Waals surface area contributed by atoms with Crippen molar-refractivity contribution in [2.75, 3.05) is 12.9 Å². The van der Waals surface area contributed by atoms with E-state index in [1.54, 1.807) is 0 Å². The van der Waals surface area contributed by atoms with Crippen LogP contribution in [0.4, 0.5) is 0 Å². The van der Waals surface area contributed by atoms with Gasteiger partial charge in [0, 0.05) is 6.61 Å². The van der Waals surface area contributed by atoms with E-state index < -0.39 is 0 Å². The van der Waals surface area contributed by atoms with E-state index in [-0.39, 0.29) is 0 Å². The first-order valence-corrected chi connectivity index (χ1v) is 5.65. The van der Waals surface area contributed by atoms with E-state index >= 15 is 0 Å². The minimum Gasteiger partial charge on any atom is -0.368 e. The average Bonchev–Trinajstić information content (AvgIpc) is 2.05. The maximum atomic E-state index is 5.61. The van der Waals surface area contributed by atoms with Crippen LogP contribution < -0.4 is 0 Å². The van der Waals surface area contributed by atoms with Crippen molar-refractivity contribution >= 4 is 15.9 Å². The van der Waals surface area contributed by atoms with Crippen molar-refractivity contribution in [2.45, 2.75) is 31.6 Å². The summed E-state index contributed by atoms with van der Waals surface area (Å²) >= 11 is 0. The molecule has 0 bridgehead atoms. The lowest BCUT2D eigenvalue weighted by Crippen LogP contribution is -2.16. The molecule has 1 fully saturated rings. The van der Waals surface area contributed by atoms with Crippen LogP contribution in [0, 0.1) is 0 Å². The molecular weight excluding hydrogens is 144 g/mol. The van der Waals surface area contributed by atoms with Gasteiger partial charge in [-0.3, -0.25) is 0 Å². The van der Waals surface area contributed by atoms with Gasteiger partial charge >= 0.3 is 0 Å². The standard InChI is InChI=1S/C8H16OS/c1-3-10(2)8-6-4-5-7-9-8/h3,8H,4-7H2,1-2H3. The molecule has 0 aromatic carbocycles. The highest BCUT2D eigenvalue weighted by atomic mass is 32.2. The van der Waals surface area contributed by atoms with Crippen LogP contribution in [0.25, 0.3) is 0 Å². The van der Waals surface area contributed by atoms with Gasteiger partial charge in [0.05, 0.1) is 5.44 Å². The van der Waals surface area contributed by atoms with Crippen LogP contribution in [-0.4, -0.2) is 23.7 Å². The van der Waals surface area contributed by atoms with Gasteiger partial charge in [-0.2, -0.15) is 10.5 Å². The predicted octanol–water partition coefficient (Wildman–Crippen LogP) is 2.23. The lowest BCUT2D eigenvalue weighted by atomic mass is 10.2. The number of ether oxygens (including phenoxy) is 1. The number of hydrogen-bond acceptors (Lipinski definition) is 1. The Hall–Kier alpha value is 0.180. The Morgan fingerprint density at radius 1 is 1.50 bits per heavy atom. The largest absolute Gasteiger partial charge is 0.368 e. The predicted molar refractivity (Wildman–Crippen MR) is 48.8 cm³/mol. The molecule has 1 aliphatic heterocycles. The molecule has 1 saturated heterocycles. The van der Waals surface area contributed by atoms with Crippen LogP contribution >= 0.6 is 10.5 Å². The molecule has 1 heterocycles. The van der Waals surface area contributed by atoms with Gasteiger partial charge in [0.2, 0.25) is 0 Å². The summed E-state index contributed by atoms with van der Waals surface area (Å²) in [6.07, 6.45) is 6.15. The van der Waals surface area contributed by atoms with E-state index in [2.05, 4.69) is 18.5 Å². The molecule has 0 saturated carbocycles. The van der Waals surface area contributed by atoms with Gasteiger partial charge in [0.1, 0.15) is 0 Å². The van der Waals surface area contributed by atoms with Crippen LogP contribution in [0.1, 0.15) is 26.2 Å². The summed E-state index contributed by atoms with van der Waals surface area (Å²) in [6, 6.07) is 0. The summed E-state index contributed by atoms with van der Waals surface area (Å²) in [7, 11) is 0.389. The molecule has 0 spiro atoms. The fourth-order valence-electron chi connectivity index (χ4n) is 1.16. The normalized spacial score (nSPS) is 30.4. The Morgan fingerprint density at radius 3 is 2.80 bits per heavy atom. The SMILES string of the molecule is CC=S(C)C1CCCCO1. The molecule has 0 aliphatic carbocycles. The van der Waals surface area contributed by atoms with Crippen molar-refractivity contribution in [1.29, 1.82) is 0 Å². The summed E-state index contributed by atoms with van der Waals surface area (Å²) in [4.78, 5) is 0. The summed E-state index contributed by atoms with van der Waals surface area (Å²) in [5.74, 6) is 0. The van der Waals surface area contributed by atoms with Crippen LogP contribution in [-0.2, 0) is 4.74 Å². The summed E-state index contributed by atoms with van der Waals surface area (Å²) in [5.41, 5.74) is 0.541. The zero-order chi connectivity index (χ0) is 7.40. The van der Waals surface area contributed by atoms with E-state index in [0.29, 0.717) is 15.9 Å². The van der Waals surface area contributed by atoms with Crippen LogP contribution in [0.15, 0.2) is 0 Å². The second kappa shape index (κ2) is 4.14. The van der Waals surface area contributed by atoms with E-state index in [1.807, 2.05) is 0 Å². The Morgan fingerprint density at radius 2 is 2.30 bits per heavy atom. The first-order chi connectivity index (χ1) is 4.84. The van der Waals surface area contributed by atoms with E-state index in [9.17, 15) is 0 Å². The molecule has 1 nitrogen and oxygen atoms in total. The maximum Gasteiger partial charge on any atom is 0.0975 e. The third kappa shape index (κ3) is 2.10. The monoisotopic (exact) mass is 160 g/mol. The molecule has 2 atom stereocenters. The topological polar surface area (TPSA) is 9.23 Å². The van der Waals surface area contributed by atoms with Gasteiger partial charge in [0.15, 0.2) is 0 Å². The highest BCUT2D eigenvalue weighted by Gasteiger charge is 2.13. The fraction of sp³-hybridized carbons (Fsp3) is 0.875. The minimum atomic E-state index is 0.389. The second-order valence-electron chi connectivity index (χ2n) is 2.64. The molecule has 10 heavy (non-hydrogen) atoms. The number of hydrogen-bond donors (Lipinski definition) is 0. The van der Waals surface area contributed by atoms with E-state index in [1.165, 1.54) is 19.3 Å². The highest BCUT2D eigenvalue weighted by molar-refractivity contribution is 8.14. The lowest BCUT2D eigenvalue weighted by Gasteiger charge is -2.23. The summed E-state index contributed by atoms with van der Waals surface area (Å²) in [5, 5.41) is 2.26. The molecule has 0 radical (unpaired) electrons. The number of rotatable bonds is 1. The van der Waals surface area contributed by atoms with Gasteiger partial charge in [-0.15, -0.1) is 0 Å². The van der Waals surface area contributed by atoms with Crippen LogP contribution in [0.3, 0.4) is 0 Å². The van der Waals surface area contributed by atoms with Crippen molar-refractivity contribution in [1.82, 2.24) is 0 Å². The first kappa shape index (κ1) is 8.28. The van der Waals surface area contributed by atoms with Crippen molar-refractivity contribution in [3.63, 3.8) is 0 Å². The van der Waals surface area contributed by atoms with Gasteiger partial charge in [-0.25, -0.2) is 0 Å². The van der Waals surface area contributed by atoms with E-state index in [0.717, 1.165) is 6.61 Å². The minimum absolute atomic E-state index is 0.389. The maximum absolute atomic E-state index is 5.61. The average molecular weight is 160 g/mol. The molecule has 2 unspecified atom stereocenters. The molecule has 0 aromatic heterocycles. The fourth-order valence-corrected chi connectivity index (χ4v) is 2.31. The van der Waals surface area contributed by atoms with Crippen LogP contribution in [0.5, 0.6) is 0 Å². The third-order valence-electron chi connectivity index (χ3n) is 1.92. The smallest absolute Gasteiger partial charge is 0.0975 e. The Labute approximate surface area is 65.7 Å². The van der Waals surface area contributed by atoms with Crippen molar-refractivity contribution in [2.24, 2.45) is 0 Å². The molecule has 1 rings (SSSR count). The van der Waals surface area contributed by atoms with Crippen LogP contribution in [0.2, 0.25) is 0 Å². The molecule has 2 heteroatoms. The summed E-state index contributed by atoms with van der Waals surface area (Å²) < 4.78 is 5.61. The third-order valence-corrected chi connectivity index (χ3v) is 3.87. The van der Waals surface area contributed by atoms with Crippen molar-refractivity contribution in [3.8, 4) is 0 Å². The van der Waals surface area contributed by atoms with Gasteiger partial charge < -0.3 is 4.74 Å². The lowest BCUT2D eigenvalue weighted by molar-refractivity contribution is 0.0727. The molecule has 1 aliphatic rings. The zero-order valence-corrected chi connectivity index (χ0v) is 7.62. The first-order valence-electron chi connectivity index (χ1n) is 3.89. The van der Waals surface area contributed by atoms with Gasteiger partial charge in [-0.05, 0) is 32.4 Å². The van der Waals surface area contributed by atoms with Crippen molar-refractivity contribution < 1.29 is 4.74 Å².